The van der Waals surface area contributed by atoms with Gasteiger partial charge < -0.3 is 34.1 Å². The number of amides is 3. The van der Waals surface area contributed by atoms with Crippen molar-refractivity contribution in [3.8, 4) is 11.5 Å². The minimum Gasteiger partial charge on any atom is -0.486 e. The molecule has 1 N–H and O–H groups in total. The smallest absolute Gasteiger partial charge is 0.321 e. The summed E-state index contributed by atoms with van der Waals surface area (Å²) < 4.78 is 21.6. The number of methoxy groups -OCH3 is 1. The van der Waals surface area contributed by atoms with Gasteiger partial charge in [0.1, 0.15) is 19.8 Å². The Balaban J connectivity index is 1.39. The molecule has 4 rings (SSSR count). The molecule has 1 unspecified atom stereocenters. The Morgan fingerprint density at radius 3 is 2.63 bits per heavy atom. The normalized spacial score (nSPS) is 21.4. The monoisotopic (exact) mass is 419 g/mol. The quantitative estimate of drug-likeness (QED) is 0.782. The lowest BCUT2D eigenvalue weighted by molar-refractivity contribution is -0.142. The van der Waals surface area contributed by atoms with E-state index in [1.807, 2.05) is 4.90 Å². The molecule has 0 spiro atoms. The Bertz CT molecular complexity index is 767. The minimum absolute atomic E-state index is 0.0123. The third-order valence-corrected chi connectivity index (χ3v) is 5.78. The number of fused-ring (bicyclic) bond motifs is 1. The summed E-state index contributed by atoms with van der Waals surface area (Å²) in [6, 6.07) is 5.31. The van der Waals surface area contributed by atoms with E-state index in [-0.39, 0.29) is 30.6 Å². The highest BCUT2D eigenvalue weighted by atomic mass is 16.6. The average Bonchev–Trinajstić information content (AvgIpc) is 3.25. The van der Waals surface area contributed by atoms with E-state index in [0.29, 0.717) is 56.7 Å². The van der Waals surface area contributed by atoms with Gasteiger partial charge in [0.05, 0.1) is 6.04 Å². The van der Waals surface area contributed by atoms with E-state index in [9.17, 15) is 9.59 Å². The molecule has 30 heavy (non-hydrogen) atoms. The van der Waals surface area contributed by atoms with Crippen LogP contribution in [0.5, 0.6) is 11.5 Å². The Hall–Kier alpha value is -2.52. The van der Waals surface area contributed by atoms with E-state index in [2.05, 4.69) is 5.32 Å². The van der Waals surface area contributed by atoms with Crippen LogP contribution in [0.4, 0.5) is 10.5 Å². The number of rotatable bonds is 5. The number of hydrogen-bond donors (Lipinski definition) is 1. The molecule has 1 aromatic rings. The van der Waals surface area contributed by atoms with Gasteiger partial charge in [-0.05, 0) is 31.4 Å². The number of benzene rings is 1. The lowest BCUT2D eigenvalue weighted by atomic mass is 10.0. The van der Waals surface area contributed by atoms with Crippen molar-refractivity contribution in [3.05, 3.63) is 18.2 Å². The third-order valence-electron chi connectivity index (χ3n) is 5.78. The summed E-state index contributed by atoms with van der Waals surface area (Å²) in [6.07, 6.45) is 2.38. The largest absolute Gasteiger partial charge is 0.486 e. The first-order chi connectivity index (χ1) is 14.7. The number of ether oxygens (including phenoxy) is 4. The lowest BCUT2D eigenvalue weighted by Crippen LogP contribution is -2.51. The maximum absolute atomic E-state index is 12.8. The number of carbonyl (C=O) groups is 2. The maximum atomic E-state index is 12.8. The van der Waals surface area contributed by atoms with E-state index < -0.39 is 0 Å². The fraction of sp³-hybridized carbons (Fsp3) is 0.619. The van der Waals surface area contributed by atoms with Gasteiger partial charge in [-0.1, -0.05) is 0 Å². The zero-order valence-corrected chi connectivity index (χ0v) is 17.3. The molecule has 0 aromatic heterocycles. The van der Waals surface area contributed by atoms with Gasteiger partial charge in [-0.25, -0.2) is 4.79 Å². The van der Waals surface area contributed by atoms with Crippen LogP contribution in [0.2, 0.25) is 0 Å². The third kappa shape index (κ3) is 4.62. The Labute approximate surface area is 176 Å². The summed E-state index contributed by atoms with van der Waals surface area (Å²) in [7, 11) is 1.53. The Morgan fingerprint density at radius 2 is 1.87 bits per heavy atom. The first-order valence-electron chi connectivity index (χ1n) is 10.5. The Morgan fingerprint density at radius 1 is 1.10 bits per heavy atom. The molecule has 9 nitrogen and oxygen atoms in total. The highest BCUT2D eigenvalue weighted by Gasteiger charge is 2.37. The molecular weight excluding hydrogens is 390 g/mol. The molecule has 2 saturated heterocycles. The number of carbonyl (C=O) groups excluding carboxylic acids is 2. The van der Waals surface area contributed by atoms with Crippen molar-refractivity contribution in [1.29, 1.82) is 0 Å². The van der Waals surface area contributed by atoms with Crippen molar-refractivity contribution in [1.82, 2.24) is 9.80 Å². The minimum atomic E-state index is -0.180. The molecular formula is C21H29N3O6. The van der Waals surface area contributed by atoms with Crippen molar-refractivity contribution in [2.45, 2.75) is 31.3 Å². The van der Waals surface area contributed by atoms with Crippen LogP contribution in [-0.2, 0) is 14.3 Å². The molecule has 0 bridgehead atoms. The zero-order valence-electron chi connectivity index (χ0n) is 17.3. The van der Waals surface area contributed by atoms with Crippen LogP contribution < -0.4 is 14.8 Å². The average molecular weight is 419 g/mol. The number of hydrogen-bond acceptors (Lipinski definition) is 6. The second kappa shape index (κ2) is 9.53. The SMILES string of the molecule is COCC(=O)N(C1CCOCC1)C1CCN(C(=O)Nc2ccc3c(c2)OCCO3)C1. The summed E-state index contributed by atoms with van der Waals surface area (Å²) in [5.74, 6) is 1.29. The van der Waals surface area contributed by atoms with Gasteiger partial charge in [0, 0.05) is 51.2 Å². The summed E-state index contributed by atoms with van der Waals surface area (Å²) >= 11 is 0. The molecule has 0 radical (unpaired) electrons. The molecule has 3 heterocycles. The Kier molecular flexibility index (Phi) is 6.59. The highest BCUT2D eigenvalue weighted by Crippen LogP contribution is 2.33. The number of nitrogens with one attached hydrogen (secondary N) is 1. The van der Waals surface area contributed by atoms with Gasteiger partial charge in [-0.15, -0.1) is 0 Å². The van der Waals surface area contributed by atoms with Gasteiger partial charge >= 0.3 is 6.03 Å². The molecule has 1 aromatic carbocycles. The maximum Gasteiger partial charge on any atom is 0.321 e. The topological polar surface area (TPSA) is 89.6 Å². The van der Waals surface area contributed by atoms with Crippen molar-refractivity contribution in [3.63, 3.8) is 0 Å². The number of likely N-dealkylation sites (tertiary alicyclic amines) is 1. The summed E-state index contributed by atoms with van der Waals surface area (Å²) in [5, 5.41) is 2.93. The molecule has 164 valence electrons. The van der Waals surface area contributed by atoms with Crippen LogP contribution >= 0.6 is 0 Å². The second-order valence-corrected chi connectivity index (χ2v) is 7.75. The first kappa shape index (κ1) is 20.7. The molecule has 3 aliphatic heterocycles. The highest BCUT2D eigenvalue weighted by molar-refractivity contribution is 5.90. The van der Waals surface area contributed by atoms with Crippen LogP contribution in [0.1, 0.15) is 19.3 Å². The zero-order chi connectivity index (χ0) is 20.9. The van der Waals surface area contributed by atoms with E-state index in [4.69, 9.17) is 18.9 Å². The molecule has 2 fully saturated rings. The lowest BCUT2D eigenvalue weighted by Gasteiger charge is -2.38. The predicted molar refractivity (Wildman–Crippen MR) is 109 cm³/mol. The van der Waals surface area contributed by atoms with Crippen LogP contribution in [0, 0.1) is 0 Å². The molecule has 0 saturated carbocycles. The molecule has 9 heteroatoms. The van der Waals surface area contributed by atoms with Crippen molar-refractivity contribution < 1.29 is 28.5 Å². The summed E-state index contributed by atoms with van der Waals surface area (Å²) in [4.78, 5) is 29.3. The van der Waals surface area contributed by atoms with Gasteiger partial charge in [-0.2, -0.15) is 0 Å². The van der Waals surface area contributed by atoms with E-state index in [0.717, 1.165) is 19.3 Å². The van der Waals surface area contributed by atoms with Gasteiger partial charge in [0.2, 0.25) is 5.91 Å². The van der Waals surface area contributed by atoms with Gasteiger partial charge in [-0.3, -0.25) is 4.79 Å². The standard InChI is InChI=1S/C21H29N3O6/c1-27-14-20(25)24(16-5-8-28-9-6-16)17-4-7-23(13-17)21(26)22-15-2-3-18-19(12-15)30-11-10-29-18/h2-3,12,16-17H,4-11,13-14H2,1H3,(H,22,26). The molecule has 0 aliphatic carbocycles. The van der Waals surface area contributed by atoms with Crippen LogP contribution in [0.3, 0.4) is 0 Å². The fourth-order valence-electron chi connectivity index (χ4n) is 4.34. The van der Waals surface area contributed by atoms with Gasteiger partial charge in [0.15, 0.2) is 11.5 Å². The molecule has 1 atom stereocenters. The van der Waals surface area contributed by atoms with Crippen LogP contribution in [0.15, 0.2) is 18.2 Å². The van der Waals surface area contributed by atoms with Crippen molar-refractivity contribution >= 4 is 17.6 Å². The van der Waals surface area contributed by atoms with Crippen LogP contribution in [-0.4, -0.2) is 87.1 Å². The molecule has 3 amide bonds. The van der Waals surface area contributed by atoms with Crippen molar-refractivity contribution in [2.75, 3.05) is 58.6 Å². The van der Waals surface area contributed by atoms with Gasteiger partial charge in [0.25, 0.3) is 0 Å². The first-order valence-corrected chi connectivity index (χ1v) is 10.5. The predicted octanol–water partition coefficient (Wildman–Crippen LogP) is 1.72. The number of nitrogens with zero attached hydrogens (tertiary/aromatic N) is 2. The second-order valence-electron chi connectivity index (χ2n) is 7.75. The van der Waals surface area contributed by atoms with E-state index in [1.54, 1.807) is 23.1 Å². The fourth-order valence-corrected chi connectivity index (χ4v) is 4.34. The number of anilines is 1. The van der Waals surface area contributed by atoms with E-state index >= 15 is 0 Å². The van der Waals surface area contributed by atoms with Crippen molar-refractivity contribution in [2.24, 2.45) is 0 Å². The summed E-state index contributed by atoms with van der Waals surface area (Å²) in [6.45, 7) is 3.49. The number of urea groups is 1. The van der Waals surface area contributed by atoms with E-state index in [1.165, 1.54) is 7.11 Å². The summed E-state index contributed by atoms with van der Waals surface area (Å²) in [5.41, 5.74) is 0.657. The molecule has 3 aliphatic rings. The van der Waals surface area contributed by atoms with Crippen LogP contribution in [0.25, 0.3) is 0 Å².